The molecule has 1 heterocycles. The van der Waals surface area contributed by atoms with Crippen molar-refractivity contribution in [1.29, 1.82) is 0 Å². The van der Waals surface area contributed by atoms with Crippen molar-refractivity contribution in [2.45, 2.75) is 19.0 Å². The highest BCUT2D eigenvalue weighted by Crippen LogP contribution is 2.33. The fraction of sp³-hybridized carbons (Fsp3) is 0.417. The van der Waals surface area contributed by atoms with Crippen LogP contribution in [-0.2, 0) is 4.79 Å². The first-order chi connectivity index (χ1) is 8.13. The maximum atomic E-state index is 11.3. The number of rotatable bonds is 2. The van der Waals surface area contributed by atoms with Crippen LogP contribution in [-0.4, -0.2) is 30.7 Å². The molecular weight excluding hydrogens is 220 g/mol. The fourth-order valence-electron chi connectivity index (χ4n) is 1.98. The molecule has 2 rings (SSSR count). The van der Waals surface area contributed by atoms with Gasteiger partial charge in [0, 0.05) is 12.1 Å². The smallest absolute Gasteiger partial charge is 0.236 e. The Kier molecular flexibility index (Phi) is 3.19. The molecule has 1 amide bonds. The molecule has 1 saturated heterocycles. The molecule has 17 heavy (non-hydrogen) atoms. The zero-order valence-corrected chi connectivity index (χ0v) is 9.86. The molecule has 0 bridgehead atoms. The SMILES string of the molecule is COc1cccc(C2CNC(=O)C(C)N2)c1O. The van der Waals surface area contributed by atoms with E-state index in [1.807, 2.05) is 12.1 Å². The molecule has 2 unspecified atom stereocenters. The van der Waals surface area contributed by atoms with Crippen molar-refractivity contribution >= 4 is 5.91 Å². The van der Waals surface area contributed by atoms with Crippen molar-refractivity contribution in [1.82, 2.24) is 10.6 Å². The Labute approximate surface area is 99.8 Å². The van der Waals surface area contributed by atoms with Gasteiger partial charge >= 0.3 is 0 Å². The Morgan fingerprint density at radius 1 is 1.47 bits per heavy atom. The second-order valence-corrected chi connectivity index (χ2v) is 4.08. The summed E-state index contributed by atoms with van der Waals surface area (Å²) in [6, 6.07) is 4.97. The van der Waals surface area contributed by atoms with E-state index in [9.17, 15) is 9.90 Å². The van der Waals surface area contributed by atoms with Gasteiger partial charge in [-0.1, -0.05) is 12.1 Å². The van der Waals surface area contributed by atoms with Crippen LogP contribution >= 0.6 is 0 Å². The fourth-order valence-corrected chi connectivity index (χ4v) is 1.98. The van der Waals surface area contributed by atoms with Crippen LogP contribution in [0.5, 0.6) is 11.5 Å². The van der Waals surface area contributed by atoms with Gasteiger partial charge in [0.15, 0.2) is 11.5 Å². The van der Waals surface area contributed by atoms with Crippen LogP contribution in [0.2, 0.25) is 0 Å². The largest absolute Gasteiger partial charge is 0.504 e. The van der Waals surface area contributed by atoms with E-state index in [1.54, 1.807) is 13.0 Å². The summed E-state index contributed by atoms with van der Waals surface area (Å²) in [5, 5.41) is 16.0. The number of carbonyl (C=O) groups is 1. The number of benzene rings is 1. The molecule has 0 aromatic heterocycles. The summed E-state index contributed by atoms with van der Waals surface area (Å²) in [6.07, 6.45) is 0. The number of piperazine rings is 1. The third-order valence-electron chi connectivity index (χ3n) is 2.95. The Morgan fingerprint density at radius 3 is 2.88 bits per heavy atom. The van der Waals surface area contributed by atoms with E-state index in [0.29, 0.717) is 12.3 Å². The lowest BCUT2D eigenvalue weighted by molar-refractivity contribution is -0.124. The lowest BCUT2D eigenvalue weighted by Gasteiger charge is -2.29. The molecular formula is C12H16N2O3. The molecule has 1 aromatic rings. The van der Waals surface area contributed by atoms with Gasteiger partial charge in [-0.15, -0.1) is 0 Å². The first-order valence-electron chi connectivity index (χ1n) is 5.53. The van der Waals surface area contributed by atoms with Gasteiger partial charge in [0.05, 0.1) is 19.2 Å². The maximum absolute atomic E-state index is 11.3. The number of hydrogen-bond acceptors (Lipinski definition) is 4. The third kappa shape index (κ3) is 2.19. The van der Waals surface area contributed by atoms with Gasteiger partial charge in [-0.3, -0.25) is 10.1 Å². The average Bonchev–Trinajstić information content (AvgIpc) is 2.33. The van der Waals surface area contributed by atoms with Gasteiger partial charge < -0.3 is 15.2 Å². The normalized spacial score (nSPS) is 24.2. The minimum absolute atomic E-state index is 0.0244. The topological polar surface area (TPSA) is 70.6 Å². The number of para-hydroxylation sites is 1. The summed E-state index contributed by atoms with van der Waals surface area (Å²) in [6.45, 7) is 2.25. The number of phenolic OH excluding ortho intramolecular Hbond substituents is 1. The predicted octanol–water partition coefficient (Wildman–Crippen LogP) is 0.550. The quantitative estimate of drug-likeness (QED) is 0.701. The molecule has 1 aliphatic heterocycles. The summed E-state index contributed by atoms with van der Waals surface area (Å²) in [7, 11) is 1.51. The molecule has 2 atom stereocenters. The minimum Gasteiger partial charge on any atom is -0.504 e. The van der Waals surface area contributed by atoms with Gasteiger partial charge in [0.2, 0.25) is 5.91 Å². The van der Waals surface area contributed by atoms with E-state index in [0.717, 1.165) is 5.56 Å². The van der Waals surface area contributed by atoms with Crippen LogP contribution in [0.3, 0.4) is 0 Å². The summed E-state index contributed by atoms with van der Waals surface area (Å²) in [5.74, 6) is 0.535. The lowest BCUT2D eigenvalue weighted by Crippen LogP contribution is -2.52. The van der Waals surface area contributed by atoms with E-state index in [4.69, 9.17) is 4.74 Å². The van der Waals surface area contributed by atoms with Gasteiger partial charge in [-0.2, -0.15) is 0 Å². The molecule has 3 N–H and O–H groups in total. The molecule has 1 fully saturated rings. The number of methoxy groups -OCH3 is 1. The van der Waals surface area contributed by atoms with Crippen LogP contribution in [0, 0.1) is 0 Å². The zero-order chi connectivity index (χ0) is 12.4. The molecule has 5 heteroatoms. The third-order valence-corrected chi connectivity index (χ3v) is 2.95. The zero-order valence-electron chi connectivity index (χ0n) is 9.86. The summed E-state index contributed by atoms with van der Waals surface area (Å²) in [5.41, 5.74) is 0.733. The number of carbonyl (C=O) groups excluding carboxylic acids is 1. The van der Waals surface area contributed by atoms with Gasteiger partial charge in [0.25, 0.3) is 0 Å². The monoisotopic (exact) mass is 236 g/mol. The number of aromatic hydroxyl groups is 1. The maximum Gasteiger partial charge on any atom is 0.236 e. The van der Waals surface area contributed by atoms with Crippen LogP contribution in [0.1, 0.15) is 18.5 Å². The summed E-state index contributed by atoms with van der Waals surface area (Å²) >= 11 is 0. The van der Waals surface area contributed by atoms with Crippen LogP contribution in [0.4, 0.5) is 0 Å². The first kappa shape index (κ1) is 11.7. The van der Waals surface area contributed by atoms with E-state index < -0.39 is 0 Å². The second-order valence-electron chi connectivity index (χ2n) is 4.08. The van der Waals surface area contributed by atoms with Gasteiger partial charge in [-0.05, 0) is 13.0 Å². The highest BCUT2D eigenvalue weighted by atomic mass is 16.5. The number of hydrogen-bond donors (Lipinski definition) is 3. The standard InChI is InChI=1S/C12H16N2O3/c1-7-12(16)13-6-9(14-7)8-4-3-5-10(17-2)11(8)15/h3-5,7,9,14-15H,6H2,1-2H3,(H,13,16). The highest BCUT2D eigenvalue weighted by Gasteiger charge is 2.27. The molecule has 0 saturated carbocycles. The summed E-state index contributed by atoms with van der Waals surface area (Å²) < 4.78 is 5.06. The Morgan fingerprint density at radius 2 is 2.24 bits per heavy atom. The minimum atomic E-state index is -0.264. The molecule has 5 nitrogen and oxygen atoms in total. The molecule has 1 aliphatic rings. The number of nitrogens with one attached hydrogen (secondary N) is 2. The second kappa shape index (κ2) is 4.63. The number of phenols is 1. The summed E-state index contributed by atoms with van der Waals surface area (Å²) in [4.78, 5) is 11.3. The lowest BCUT2D eigenvalue weighted by atomic mass is 10.0. The molecule has 0 aliphatic carbocycles. The van der Waals surface area contributed by atoms with Gasteiger partial charge in [-0.25, -0.2) is 0 Å². The molecule has 0 spiro atoms. The van der Waals surface area contributed by atoms with Crippen molar-refractivity contribution in [2.75, 3.05) is 13.7 Å². The van der Waals surface area contributed by atoms with Crippen LogP contribution in [0.15, 0.2) is 18.2 Å². The van der Waals surface area contributed by atoms with Gasteiger partial charge in [0.1, 0.15) is 0 Å². The Balaban J connectivity index is 2.26. The molecule has 92 valence electrons. The highest BCUT2D eigenvalue weighted by molar-refractivity contribution is 5.82. The first-order valence-corrected chi connectivity index (χ1v) is 5.53. The van der Waals surface area contributed by atoms with Crippen molar-refractivity contribution < 1.29 is 14.6 Å². The van der Waals surface area contributed by atoms with E-state index in [1.165, 1.54) is 7.11 Å². The number of ether oxygens (including phenoxy) is 1. The van der Waals surface area contributed by atoms with Crippen molar-refractivity contribution in [3.8, 4) is 11.5 Å². The van der Waals surface area contributed by atoms with E-state index in [-0.39, 0.29) is 23.7 Å². The average molecular weight is 236 g/mol. The van der Waals surface area contributed by atoms with E-state index in [2.05, 4.69) is 10.6 Å². The predicted molar refractivity (Wildman–Crippen MR) is 63.0 cm³/mol. The Hall–Kier alpha value is -1.75. The van der Waals surface area contributed by atoms with E-state index >= 15 is 0 Å². The van der Waals surface area contributed by atoms with Crippen LogP contribution < -0.4 is 15.4 Å². The van der Waals surface area contributed by atoms with Crippen molar-refractivity contribution in [3.05, 3.63) is 23.8 Å². The number of amides is 1. The molecule has 0 radical (unpaired) electrons. The van der Waals surface area contributed by atoms with Crippen molar-refractivity contribution in [3.63, 3.8) is 0 Å². The molecule has 1 aromatic carbocycles. The Bertz CT molecular complexity index is 434. The van der Waals surface area contributed by atoms with Crippen LogP contribution in [0.25, 0.3) is 0 Å². The van der Waals surface area contributed by atoms with Crippen molar-refractivity contribution in [2.24, 2.45) is 0 Å².